The van der Waals surface area contributed by atoms with Crippen LogP contribution in [-0.2, 0) is 17.8 Å². The van der Waals surface area contributed by atoms with Gasteiger partial charge in [0.2, 0.25) is 0 Å². The summed E-state index contributed by atoms with van der Waals surface area (Å²) in [6, 6.07) is 8.61. The van der Waals surface area contributed by atoms with Crippen LogP contribution in [0, 0.1) is 5.41 Å². The summed E-state index contributed by atoms with van der Waals surface area (Å²) in [7, 11) is 2.17. The van der Waals surface area contributed by atoms with Gasteiger partial charge in [-0.3, -0.25) is 10.3 Å². The molecule has 166 valence electrons. The minimum Gasteiger partial charge on any atom is -0.393 e. The molecule has 0 bridgehead atoms. The Morgan fingerprint density at radius 2 is 1.83 bits per heavy atom. The SMILES string of the molecule is C=NC(=N)/C(N)=C(\NCOCCCC)NCc1ccc(CN2CCN(C)CC2)cc1. The van der Waals surface area contributed by atoms with Crippen molar-refractivity contribution in [1.29, 1.82) is 5.41 Å². The molecular formula is C22H37N7O. The molecule has 2 rings (SSSR count). The summed E-state index contributed by atoms with van der Waals surface area (Å²) in [4.78, 5) is 8.47. The lowest BCUT2D eigenvalue weighted by atomic mass is 10.1. The molecule has 0 radical (unpaired) electrons. The molecule has 1 aromatic carbocycles. The lowest BCUT2D eigenvalue weighted by Gasteiger charge is -2.32. The Bertz CT molecular complexity index is 694. The third-order valence-corrected chi connectivity index (χ3v) is 5.17. The molecule has 1 fully saturated rings. The van der Waals surface area contributed by atoms with Crippen LogP contribution in [0.1, 0.15) is 30.9 Å². The number of nitrogens with one attached hydrogen (secondary N) is 3. The molecule has 5 N–H and O–H groups in total. The zero-order valence-corrected chi connectivity index (χ0v) is 18.4. The van der Waals surface area contributed by atoms with Crippen LogP contribution >= 0.6 is 0 Å². The molecule has 1 heterocycles. The first-order chi connectivity index (χ1) is 14.5. The molecule has 8 heteroatoms. The van der Waals surface area contributed by atoms with E-state index in [2.05, 4.69) is 70.4 Å². The molecule has 1 saturated heterocycles. The maximum atomic E-state index is 7.83. The summed E-state index contributed by atoms with van der Waals surface area (Å²) in [5.41, 5.74) is 8.72. The third-order valence-electron chi connectivity index (χ3n) is 5.17. The maximum Gasteiger partial charge on any atom is 0.171 e. The van der Waals surface area contributed by atoms with Crippen molar-refractivity contribution in [3.8, 4) is 0 Å². The number of nitrogens with zero attached hydrogens (tertiary/aromatic N) is 3. The predicted octanol–water partition coefficient (Wildman–Crippen LogP) is 1.69. The van der Waals surface area contributed by atoms with Crippen molar-refractivity contribution in [2.45, 2.75) is 32.9 Å². The van der Waals surface area contributed by atoms with E-state index in [0.717, 1.165) is 51.1 Å². The summed E-state index contributed by atoms with van der Waals surface area (Å²) in [6.07, 6.45) is 2.09. The van der Waals surface area contributed by atoms with Gasteiger partial charge in [-0.05, 0) is 31.3 Å². The van der Waals surface area contributed by atoms with Gasteiger partial charge in [0.1, 0.15) is 18.2 Å². The molecule has 1 aliphatic rings. The number of aliphatic imine (C=N–C) groups is 1. The molecular weight excluding hydrogens is 378 g/mol. The van der Waals surface area contributed by atoms with Crippen LogP contribution in [0.3, 0.4) is 0 Å². The first-order valence-electron chi connectivity index (χ1n) is 10.6. The predicted molar refractivity (Wildman–Crippen MR) is 123 cm³/mol. The third kappa shape index (κ3) is 8.14. The van der Waals surface area contributed by atoms with E-state index in [9.17, 15) is 0 Å². The van der Waals surface area contributed by atoms with Crippen molar-refractivity contribution in [1.82, 2.24) is 20.4 Å². The number of hydrogen-bond acceptors (Lipinski definition) is 7. The first kappa shape index (κ1) is 23.9. The van der Waals surface area contributed by atoms with Gasteiger partial charge in [0, 0.05) is 45.9 Å². The molecule has 1 aromatic rings. The smallest absolute Gasteiger partial charge is 0.171 e. The zero-order valence-electron chi connectivity index (χ0n) is 18.4. The van der Waals surface area contributed by atoms with Crippen LogP contribution in [0.2, 0.25) is 0 Å². The van der Waals surface area contributed by atoms with Gasteiger partial charge in [-0.1, -0.05) is 37.6 Å². The highest BCUT2D eigenvalue weighted by atomic mass is 16.5. The highest BCUT2D eigenvalue weighted by molar-refractivity contribution is 5.98. The Kier molecular flexibility index (Phi) is 10.3. The van der Waals surface area contributed by atoms with Crippen molar-refractivity contribution in [3.05, 3.63) is 46.9 Å². The Morgan fingerprint density at radius 1 is 1.17 bits per heavy atom. The quantitative estimate of drug-likeness (QED) is 0.179. The Morgan fingerprint density at radius 3 is 2.47 bits per heavy atom. The second kappa shape index (κ2) is 13.0. The van der Waals surface area contributed by atoms with E-state index in [-0.39, 0.29) is 11.5 Å². The van der Waals surface area contributed by atoms with E-state index in [1.807, 2.05) is 0 Å². The fraction of sp³-hybridized carbons (Fsp3) is 0.545. The second-order valence-electron chi connectivity index (χ2n) is 7.63. The van der Waals surface area contributed by atoms with Gasteiger partial charge in [-0.15, -0.1) is 0 Å². The summed E-state index contributed by atoms with van der Waals surface area (Å²) in [5.74, 6) is 0.464. The standard InChI is InChI=1S/C22H37N7O/c1-4-5-14-30-17-27-22(20(23)21(24)25-2)26-15-18-6-8-19(9-7-18)16-29-12-10-28(3)11-13-29/h6-9,24,26-27H,2,4-5,10-17,23H2,1,3H3/b22-20+,24-21?. The van der Waals surface area contributed by atoms with E-state index < -0.39 is 0 Å². The van der Waals surface area contributed by atoms with Crippen molar-refractivity contribution in [2.75, 3.05) is 46.6 Å². The Labute approximate surface area is 180 Å². The van der Waals surface area contributed by atoms with Crippen LogP contribution < -0.4 is 16.4 Å². The van der Waals surface area contributed by atoms with Crippen molar-refractivity contribution in [2.24, 2.45) is 10.7 Å². The van der Waals surface area contributed by atoms with Gasteiger partial charge in [0.25, 0.3) is 0 Å². The number of benzene rings is 1. The van der Waals surface area contributed by atoms with Gasteiger partial charge in [-0.25, -0.2) is 4.99 Å². The lowest BCUT2D eigenvalue weighted by Crippen LogP contribution is -2.43. The number of unbranched alkanes of at least 4 members (excludes halogenated alkanes) is 1. The number of rotatable bonds is 12. The summed E-state index contributed by atoms with van der Waals surface area (Å²) in [6.45, 7) is 12.5. The topological polar surface area (TPSA) is 102 Å². The Balaban J connectivity index is 1.88. The van der Waals surface area contributed by atoms with Crippen LogP contribution in [0.15, 0.2) is 40.8 Å². The van der Waals surface area contributed by atoms with Crippen LogP contribution in [-0.4, -0.2) is 68.9 Å². The normalized spacial score (nSPS) is 16.1. The molecule has 0 aliphatic carbocycles. The monoisotopic (exact) mass is 415 g/mol. The van der Waals surface area contributed by atoms with Crippen molar-refractivity contribution < 1.29 is 4.74 Å². The molecule has 0 saturated carbocycles. The van der Waals surface area contributed by atoms with Gasteiger partial charge >= 0.3 is 0 Å². The van der Waals surface area contributed by atoms with E-state index in [1.54, 1.807) is 0 Å². The van der Waals surface area contributed by atoms with Crippen molar-refractivity contribution in [3.63, 3.8) is 0 Å². The van der Waals surface area contributed by atoms with Gasteiger partial charge in [-0.2, -0.15) is 0 Å². The zero-order chi connectivity index (χ0) is 21.8. The number of likely N-dealkylation sites (N-methyl/N-ethyl adjacent to an activating group) is 1. The fourth-order valence-corrected chi connectivity index (χ4v) is 3.12. The molecule has 0 atom stereocenters. The number of hydrogen-bond donors (Lipinski definition) is 4. The number of ether oxygens (including phenoxy) is 1. The fourth-order valence-electron chi connectivity index (χ4n) is 3.12. The van der Waals surface area contributed by atoms with E-state index in [0.29, 0.717) is 25.7 Å². The minimum absolute atomic E-state index is 0.0684. The maximum absolute atomic E-state index is 7.83. The second-order valence-corrected chi connectivity index (χ2v) is 7.63. The van der Waals surface area contributed by atoms with E-state index in [1.165, 1.54) is 5.56 Å². The molecule has 30 heavy (non-hydrogen) atoms. The lowest BCUT2D eigenvalue weighted by molar-refractivity contribution is 0.119. The summed E-state index contributed by atoms with van der Waals surface area (Å²) < 4.78 is 5.55. The van der Waals surface area contributed by atoms with E-state index >= 15 is 0 Å². The molecule has 1 aliphatic heterocycles. The van der Waals surface area contributed by atoms with E-state index in [4.69, 9.17) is 15.9 Å². The number of piperazine rings is 1. The van der Waals surface area contributed by atoms with Crippen LogP contribution in [0.25, 0.3) is 0 Å². The Hall–Kier alpha value is -2.42. The highest BCUT2D eigenvalue weighted by Crippen LogP contribution is 2.10. The van der Waals surface area contributed by atoms with Crippen LogP contribution in [0.4, 0.5) is 0 Å². The average Bonchev–Trinajstić information content (AvgIpc) is 2.77. The van der Waals surface area contributed by atoms with Gasteiger partial charge in [0.15, 0.2) is 5.84 Å². The molecule has 0 spiro atoms. The molecule has 8 nitrogen and oxygen atoms in total. The largest absolute Gasteiger partial charge is 0.393 e. The highest BCUT2D eigenvalue weighted by Gasteiger charge is 2.13. The van der Waals surface area contributed by atoms with Crippen molar-refractivity contribution >= 4 is 12.6 Å². The summed E-state index contributed by atoms with van der Waals surface area (Å²) >= 11 is 0. The summed E-state index contributed by atoms with van der Waals surface area (Å²) in [5, 5.41) is 14.2. The number of nitrogens with two attached hydrogens (primary N) is 1. The minimum atomic E-state index is -0.0684. The average molecular weight is 416 g/mol. The number of amidine groups is 1. The van der Waals surface area contributed by atoms with Crippen LogP contribution in [0.5, 0.6) is 0 Å². The molecule has 0 amide bonds. The van der Waals surface area contributed by atoms with Gasteiger partial charge < -0.3 is 26.0 Å². The molecule has 0 aromatic heterocycles. The molecule has 0 unspecified atom stereocenters. The van der Waals surface area contributed by atoms with Gasteiger partial charge in [0.05, 0.1) is 0 Å². The first-order valence-corrected chi connectivity index (χ1v) is 10.6.